The molecule has 1 heterocycles. The molecule has 2 nitrogen and oxygen atoms in total. The highest BCUT2D eigenvalue weighted by atomic mass is 16.3. The van der Waals surface area contributed by atoms with Crippen LogP contribution >= 0.6 is 0 Å². The second kappa shape index (κ2) is 14.6. The van der Waals surface area contributed by atoms with Gasteiger partial charge in [-0.3, -0.25) is 0 Å². The Balaban J connectivity index is 1.04. The fraction of sp³-hybridized carbons (Fsp3) is 0.0492. The molecule has 63 heavy (non-hydrogen) atoms. The standard InChI is InChI=1S/C61H43NO/c1-61(2)57-28-15-14-26-49(57)50-34-33-47(36-58(50)61)62(45-31-29-41(30-32-45)40-17-6-3-7-18-40)46-24-16-23-44(35-46)53-38-56-55-37-52(42-19-8-4-9-20-42)54(43-21-10-5-11-22-43)39-59(55)63-60(56)51-27-13-12-25-48(51)53/h3-39H,1-2H3. The quantitative estimate of drug-likeness (QED) is 0.160. The third-order valence-electron chi connectivity index (χ3n) is 13.3. The van der Waals surface area contributed by atoms with E-state index in [-0.39, 0.29) is 5.41 Å². The molecule has 298 valence electrons. The van der Waals surface area contributed by atoms with Crippen molar-refractivity contribution in [3.63, 3.8) is 0 Å². The van der Waals surface area contributed by atoms with E-state index in [1.54, 1.807) is 0 Å². The summed E-state index contributed by atoms with van der Waals surface area (Å²) in [5.74, 6) is 0. The number of hydrogen-bond donors (Lipinski definition) is 0. The van der Waals surface area contributed by atoms with Crippen molar-refractivity contribution in [2.24, 2.45) is 0 Å². The molecule has 0 aliphatic heterocycles. The van der Waals surface area contributed by atoms with E-state index in [1.165, 1.54) is 50.1 Å². The molecule has 0 unspecified atom stereocenters. The lowest BCUT2D eigenvalue weighted by Gasteiger charge is -2.28. The highest BCUT2D eigenvalue weighted by Gasteiger charge is 2.35. The van der Waals surface area contributed by atoms with Crippen molar-refractivity contribution in [3.05, 3.63) is 236 Å². The van der Waals surface area contributed by atoms with Crippen LogP contribution in [0.1, 0.15) is 25.0 Å². The number of hydrogen-bond acceptors (Lipinski definition) is 2. The Labute approximate surface area is 368 Å². The van der Waals surface area contributed by atoms with E-state index < -0.39 is 0 Å². The fourth-order valence-electron chi connectivity index (χ4n) is 10.1. The Morgan fingerprint density at radius 3 is 1.59 bits per heavy atom. The minimum Gasteiger partial charge on any atom is -0.455 e. The van der Waals surface area contributed by atoms with Crippen LogP contribution in [0.25, 0.3) is 88.3 Å². The maximum atomic E-state index is 6.90. The third-order valence-corrected chi connectivity index (χ3v) is 13.3. The number of nitrogens with zero attached hydrogens (tertiary/aromatic N) is 1. The Hall–Kier alpha value is -7.94. The number of fused-ring (bicyclic) bond motifs is 8. The number of anilines is 3. The number of rotatable bonds is 7. The molecule has 10 aromatic carbocycles. The van der Waals surface area contributed by atoms with E-state index in [0.717, 1.165) is 66.5 Å². The van der Waals surface area contributed by atoms with Crippen LogP contribution in [-0.4, -0.2) is 0 Å². The van der Waals surface area contributed by atoms with E-state index in [9.17, 15) is 0 Å². The van der Waals surface area contributed by atoms with Gasteiger partial charge in [-0.2, -0.15) is 0 Å². The monoisotopic (exact) mass is 805 g/mol. The summed E-state index contributed by atoms with van der Waals surface area (Å²) in [7, 11) is 0. The average Bonchev–Trinajstić information content (AvgIpc) is 3.83. The predicted octanol–water partition coefficient (Wildman–Crippen LogP) is 17.2. The number of benzene rings is 10. The molecular formula is C61H43NO. The third kappa shape index (κ3) is 6.09. The van der Waals surface area contributed by atoms with Gasteiger partial charge in [0.15, 0.2) is 0 Å². The van der Waals surface area contributed by atoms with Crippen LogP contribution in [-0.2, 0) is 5.41 Å². The summed E-state index contributed by atoms with van der Waals surface area (Å²) in [6.07, 6.45) is 0. The maximum Gasteiger partial charge on any atom is 0.143 e. The molecule has 1 aliphatic carbocycles. The minimum absolute atomic E-state index is 0.128. The highest BCUT2D eigenvalue weighted by molar-refractivity contribution is 6.20. The lowest BCUT2D eigenvalue weighted by Crippen LogP contribution is -2.16. The average molecular weight is 806 g/mol. The van der Waals surface area contributed by atoms with Crippen LogP contribution in [0.15, 0.2) is 229 Å². The molecule has 2 heteroatoms. The lowest BCUT2D eigenvalue weighted by molar-refractivity contribution is 0.660. The zero-order chi connectivity index (χ0) is 42.1. The molecule has 0 spiro atoms. The molecule has 0 fully saturated rings. The SMILES string of the molecule is CC1(C)c2ccccc2-c2ccc(N(c3ccc(-c4ccccc4)cc3)c3cccc(-c4cc5c6cc(-c7ccccc7)c(-c7ccccc7)cc6oc5c5ccccc45)c3)cc21. The van der Waals surface area contributed by atoms with Crippen molar-refractivity contribution in [2.45, 2.75) is 19.3 Å². The van der Waals surface area contributed by atoms with Crippen molar-refractivity contribution in [2.75, 3.05) is 4.90 Å². The summed E-state index contributed by atoms with van der Waals surface area (Å²) in [6.45, 7) is 4.71. The summed E-state index contributed by atoms with van der Waals surface area (Å²) in [5.41, 5.74) is 19.7. The van der Waals surface area contributed by atoms with E-state index in [4.69, 9.17) is 4.42 Å². The Kier molecular flexibility index (Phi) is 8.55. The lowest BCUT2D eigenvalue weighted by atomic mass is 9.82. The smallest absolute Gasteiger partial charge is 0.143 e. The van der Waals surface area contributed by atoms with Gasteiger partial charge in [0.2, 0.25) is 0 Å². The first-order chi connectivity index (χ1) is 31.0. The Morgan fingerprint density at radius 1 is 0.317 bits per heavy atom. The van der Waals surface area contributed by atoms with E-state index in [1.807, 2.05) is 0 Å². The molecule has 0 N–H and O–H groups in total. The van der Waals surface area contributed by atoms with Crippen LogP contribution in [0, 0.1) is 0 Å². The highest BCUT2D eigenvalue weighted by Crippen LogP contribution is 2.51. The molecule has 1 aliphatic rings. The number of furan rings is 1. The van der Waals surface area contributed by atoms with Crippen LogP contribution in [0.5, 0.6) is 0 Å². The molecule has 11 aromatic rings. The summed E-state index contributed by atoms with van der Waals surface area (Å²) < 4.78 is 6.90. The van der Waals surface area contributed by atoms with Gasteiger partial charge in [-0.1, -0.05) is 184 Å². The zero-order valence-electron chi connectivity index (χ0n) is 35.2. The van der Waals surface area contributed by atoms with Gasteiger partial charge in [-0.15, -0.1) is 0 Å². The molecular weight excluding hydrogens is 763 g/mol. The van der Waals surface area contributed by atoms with Gasteiger partial charge in [-0.05, 0) is 127 Å². The van der Waals surface area contributed by atoms with Gasteiger partial charge < -0.3 is 9.32 Å². The predicted molar refractivity (Wildman–Crippen MR) is 265 cm³/mol. The Morgan fingerprint density at radius 2 is 0.857 bits per heavy atom. The van der Waals surface area contributed by atoms with Gasteiger partial charge in [0.05, 0.1) is 0 Å². The van der Waals surface area contributed by atoms with Crippen molar-refractivity contribution in [1.82, 2.24) is 0 Å². The van der Waals surface area contributed by atoms with Crippen molar-refractivity contribution < 1.29 is 4.42 Å². The first-order valence-electron chi connectivity index (χ1n) is 21.8. The molecule has 0 saturated carbocycles. The molecule has 0 atom stereocenters. The van der Waals surface area contributed by atoms with Gasteiger partial charge in [-0.25, -0.2) is 0 Å². The first-order valence-corrected chi connectivity index (χ1v) is 21.8. The van der Waals surface area contributed by atoms with Crippen LogP contribution < -0.4 is 4.90 Å². The summed E-state index contributed by atoms with van der Waals surface area (Å²) in [4.78, 5) is 2.42. The molecule has 0 saturated heterocycles. The van der Waals surface area contributed by atoms with E-state index in [0.29, 0.717) is 0 Å². The van der Waals surface area contributed by atoms with Crippen molar-refractivity contribution in [1.29, 1.82) is 0 Å². The van der Waals surface area contributed by atoms with Gasteiger partial charge >= 0.3 is 0 Å². The minimum atomic E-state index is -0.128. The first kappa shape index (κ1) is 36.9. The Bertz CT molecular complexity index is 3510. The summed E-state index contributed by atoms with van der Waals surface area (Å²) >= 11 is 0. The van der Waals surface area contributed by atoms with Crippen LogP contribution in [0.3, 0.4) is 0 Å². The summed E-state index contributed by atoms with van der Waals surface area (Å²) in [5, 5.41) is 4.47. The molecule has 0 amide bonds. The largest absolute Gasteiger partial charge is 0.455 e. The molecule has 0 radical (unpaired) electrons. The topological polar surface area (TPSA) is 16.4 Å². The van der Waals surface area contributed by atoms with E-state index >= 15 is 0 Å². The van der Waals surface area contributed by atoms with Gasteiger partial charge in [0.25, 0.3) is 0 Å². The fourth-order valence-corrected chi connectivity index (χ4v) is 10.1. The summed E-state index contributed by atoms with van der Waals surface area (Å²) in [6, 6.07) is 81.5. The molecule has 0 bridgehead atoms. The second-order valence-electron chi connectivity index (χ2n) is 17.3. The van der Waals surface area contributed by atoms with E-state index in [2.05, 4.69) is 243 Å². The molecule has 12 rings (SSSR count). The molecule has 1 aromatic heterocycles. The van der Waals surface area contributed by atoms with Gasteiger partial charge in [0, 0.05) is 38.6 Å². The second-order valence-corrected chi connectivity index (χ2v) is 17.3. The van der Waals surface area contributed by atoms with Crippen LogP contribution in [0.2, 0.25) is 0 Å². The van der Waals surface area contributed by atoms with Crippen molar-refractivity contribution in [3.8, 4) is 55.6 Å². The van der Waals surface area contributed by atoms with Crippen LogP contribution in [0.4, 0.5) is 17.1 Å². The zero-order valence-corrected chi connectivity index (χ0v) is 35.2. The maximum absolute atomic E-state index is 6.90. The normalized spacial score (nSPS) is 12.7. The van der Waals surface area contributed by atoms with Crippen molar-refractivity contribution >= 4 is 49.8 Å². The van der Waals surface area contributed by atoms with Gasteiger partial charge in [0.1, 0.15) is 11.2 Å².